The van der Waals surface area contributed by atoms with Crippen LogP contribution in [0, 0.1) is 5.92 Å². The van der Waals surface area contributed by atoms with Crippen molar-refractivity contribution in [2.75, 3.05) is 46.1 Å². The number of carbonyl (C=O) groups excluding carboxylic acids is 2. The van der Waals surface area contributed by atoms with Crippen LogP contribution in [0.15, 0.2) is 0 Å². The summed E-state index contributed by atoms with van der Waals surface area (Å²) in [6, 6.07) is 0. The Labute approximate surface area is 145 Å². The smallest absolute Gasteiger partial charge is 0.246 e. The van der Waals surface area contributed by atoms with E-state index in [-0.39, 0.29) is 30.4 Å². The van der Waals surface area contributed by atoms with Crippen molar-refractivity contribution in [3.63, 3.8) is 0 Å². The van der Waals surface area contributed by atoms with E-state index in [0.29, 0.717) is 39.5 Å². The minimum Gasteiger partial charge on any atom is -0.379 e. The lowest BCUT2D eigenvalue weighted by molar-refractivity contribution is -0.127. The maximum Gasteiger partial charge on any atom is 0.246 e. The lowest BCUT2D eigenvalue weighted by atomic mass is 10.2. The van der Waals surface area contributed by atoms with E-state index in [4.69, 9.17) is 14.2 Å². The molecule has 0 aliphatic rings. The summed E-state index contributed by atoms with van der Waals surface area (Å²) in [4.78, 5) is 22.7. The van der Waals surface area contributed by atoms with Gasteiger partial charge in [0.25, 0.3) is 0 Å². The highest BCUT2D eigenvalue weighted by Gasteiger charge is 2.05. The zero-order chi connectivity index (χ0) is 18.2. The molecular weight excluding hydrogens is 312 g/mol. The van der Waals surface area contributed by atoms with E-state index in [9.17, 15) is 9.59 Å². The van der Waals surface area contributed by atoms with Crippen LogP contribution in [0.3, 0.4) is 0 Å². The lowest BCUT2D eigenvalue weighted by Gasteiger charge is -2.11. The van der Waals surface area contributed by atoms with Gasteiger partial charge in [0, 0.05) is 25.6 Å². The molecule has 1 unspecified atom stereocenters. The molecule has 0 heterocycles. The van der Waals surface area contributed by atoms with Crippen molar-refractivity contribution in [1.82, 2.24) is 10.6 Å². The molecule has 7 heteroatoms. The molecule has 24 heavy (non-hydrogen) atoms. The van der Waals surface area contributed by atoms with Gasteiger partial charge in [-0.25, -0.2) is 0 Å². The van der Waals surface area contributed by atoms with Gasteiger partial charge >= 0.3 is 0 Å². The van der Waals surface area contributed by atoms with Gasteiger partial charge in [0.15, 0.2) is 0 Å². The van der Waals surface area contributed by atoms with Gasteiger partial charge in [-0.2, -0.15) is 0 Å². The summed E-state index contributed by atoms with van der Waals surface area (Å²) in [6.45, 7) is 10.9. The molecule has 0 aromatic heterocycles. The summed E-state index contributed by atoms with van der Waals surface area (Å²) in [5, 5.41) is 5.56. The second kappa shape index (κ2) is 15.4. The van der Waals surface area contributed by atoms with E-state index in [1.165, 1.54) is 0 Å². The van der Waals surface area contributed by atoms with Crippen LogP contribution in [-0.4, -0.2) is 64.0 Å². The Hall–Kier alpha value is -1.18. The lowest BCUT2D eigenvalue weighted by Crippen LogP contribution is -2.32. The first-order chi connectivity index (χ1) is 11.5. The van der Waals surface area contributed by atoms with Crippen molar-refractivity contribution in [2.45, 2.75) is 46.6 Å². The number of hydrogen-bond acceptors (Lipinski definition) is 5. The molecule has 1 atom stereocenters. The van der Waals surface area contributed by atoms with E-state index in [1.54, 1.807) is 0 Å². The highest BCUT2D eigenvalue weighted by Crippen LogP contribution is 1.94. The summed E-state index contributed by atoms with van der Waals surface area (Å²) >= 11 is 0. The SMILES string of the molecule is CCC(C)OCC(=O)NCCOCCOCCCNC(=O)C(C)C. The van der Waals surface area contributed by atoms with Crippen LogP contribution in [-0.2, 0) is 23.8 Å². The molecule has 7 nitrogen and oxygen atoms in total. The molecule has 0 aliphatic carbocycles. The number of amides is 2. The van der Waals surface area contributed by atoms with Crippen molar-refractivity contribution in [3.8, 4) is 0 Å². The fourth-order valence-corrected chi connectivity index (χ4v) is 1.56. The van der Waals surface area contributed by atoms with Crippen molar-refractivity contribution in [3.05, 3.63) is 0 Å². The zero-order valence-electron chi connectivity index (χ0n) is 15.6. The van der Waals surface area contributed by atoms with Gasteiger partial charge < -0.3 is 24.8 Å². The average molecular weight is 346 g/mol. The highest BCUT2D eigenvalue weighted by molar-refractivity contribution is 5.77. The summed E-state index contributed by atoms with van der Waals surface area (Å²) in [5.41, 5.74) is 0. The van der Waals surface area contributed by atoms with Crippen LogP contribution in [0.4, 0.5) is 0 Å². The van der Waals surface area contributed by atoms with Crippen molar-refractivity contribution in [1.29, 1.82) is 0 Å². The van der Waals surface area contributed by atoms with Crippen LogP contribution < -0.4 is 10.6 Å². The third kappa shape index (κ3) is 14.4. The molecule has 2 amide bonds. The maximum atomic E-state index is 11.4. The normalized spacial score (nSPS) is 12.2. The predicted octanol–water partition coefficient (Wildman–Crippen LogP) is 1.11. The molecule has 0 saturated carbocycles. The van der Waals surface area contributed by atoms with E-state index in [1.807, 2.05) is 27.7 Å². The molecule has 0 rings (SSSR count). The van der Waals surface area contributed by atoms with E-state index >= 15 is 0 Å². The van der Waals surface area contributed by atoms with Gasteiger partial charge in [-0.05, 0) is 19.8 Å². The minimum atomic E-state index is -0.126. The molecule has 0 bridgehead atoms. The number of carbonyl (C=O) groups is 2. The molecular formula is C17H34N2O5. The standard InChI is InChI=1S/C17H34N2O5/c1-5-15(4)24-13-16(20)18-8-10-23-12-11-22-9-6-7-19-17(21)14(2)3/h14-15H,5-13H2,1-4H3,(H,18,20)(H,19,21). The summed E-state index contributed by atoms with van der Waals surface area (Å²) in [6.07, 6.45) is 1.77. The second-order valence-electron chi connectivity index (χ2n) is 5.90. The summed E-state index contributed by atoms with van der Waals surface area (Å²) < 4.78 is 16.1. The highest BCUT2D eigenvalue weighted by atomic mass is 16.5. The summed E-state index contributed by atoms with van der Waals surface area (Å²) in [7, 11) is 0. The molecule has 0 fully saturated rings. The van der Waals surface area contributed by atoms with Gasteiger partial charge in [-0.15, -0.1) is 0 Å². The third-order valence-corrected chi connectivity index (χ3v) is 3.30. The fraction of sp³-hybridized carbons (Fsp3) is 0.882. The van der Waals surface area contributed by atoms with Gasteiger partial charge in [0.05, 0.1) is 25.9 Å². The Morgan fingerprint density at radius 1 is 0.917 bits per heavy atom. The van der Waals surface area contributed by atoms with Crippen LogP contribution in [0.5, 0.6) is 0 Å². The molecule has 0 aromatic carbocycles. The number of rotatable bonds is 15. The van der Waals surface area contributed by atoms with Gasteiger partial charge in [-0.3, -0.25) is 9.59 Å². The summed E-state index contributed by atoms with van der Waals surface area (Å²) in [5.74, 6) is -0.0463. The molecule has 0 radical (unpaired) electrons. The Morgan fingerprint density at radius 3 is 2.21 bits per heavy atom. The Morgan fingerprint density at radius 2 is 1.58 bits per heavy atom. The quantitative estimate of drug-likeness (QED) is 0.434. The van der Waals surface area contributed by atoms with Crippen molar-refractivity contribution in [2.24, 2.45) is 5.92 Å². The fourth-order valence-electron chi connectivity index (χ4n) is 1.56. The number of nitrogens with one attached hydrogen (secondary N) is 2. The molecule has 0 aromatic rings. The van der Waals surface area contributed by atoms with Crippen LogP contribution in [0.25, 0.3) is 0 Å². The van der Waals surface area contributed by atoms with Crippen LogP contribution >= 0.6 is 0 Å². The third-order valence-electron chi connectivity index (χ3n) is 3.30. The first-order valence-corrected chi connectivity index (χ1v) is 8.78. The first-order valence-electron chi connectivity index (χ1n) is 8.78. The first kappa shape index (κ1) is 22.8. The molecule has 0 saturated heterocycles. The second-order valence-corrected chi connectivity index (χ2v) is 5.90. The van der Waals surface area contributed by atoms with Gasteiger partial charge in [0.2, 0.25) is 11.8 Å². The van der Waals surface area contributed by atoms with Crippen LogP contribution in [0.1, 0.15) is 40.5 Å². The van der Waals surface area contributed by atoms with Crippen molar-refractivity contribution < 1.29 is 23.8 Å². The van der Waals surface area contributed by atoms with Gasteiger partial charge in [-0.1, -0.05) is 20.8 Å². The molecule has 2 N–H and O–H groups in total. The largest absolute Gasteiger partial charge is 0.379 e. The molecule has 0 spiro atoms. The maximum absolute atomic E-state index is 11.4. The number of ether oxygens (including phenoxy) is 3. The van der Waals surface area contributed by atoms with E-state index in [2.05, 4.69) is 10.6 Å². The zero-order valence-corrected chi connectivity index (χ0v) is 15.6. The Kier molecular flexibility index (Phi) is 14.6. The average Bonchev–Trinajstić information content (AvgIpc) is 2.56. The van der Waals surface area contributed by atoms with Crippen molar-refractivity contribution >= 4 is 11.8 Å². The molecule has 0 aliphatic heterocycles. The monoisotopic (exact) mass is 346 g/mol. The van der Waals surface area contributed by atoms with Crippen LogP contribution in [0.2, 0.25) is 0 Å². The minimum absolute atomic E-state index is 0.0152. The molecule has 142 valence electrons. The Balaban J connectivity index is 3.25. The van der Waals surface area contributed by atoms with E-state index < -0.39 is 0 Å². The van der Waals surface area contributed by atoms with E-state index in [0.717, 1.165) is 12.8 Å². The predicted molar refractivity (Wildman–Crippen MR) is 92.8 cm³/mol. The Bertz CT molecular complexity index is 337. The van der Waals surface area contributed by atoms with Gasteiger partial charge in [0.1, 0.15) is 6.61 Å². The topological polar surface area (TPSA) is 85.9 Å². The number of hydrogen-bond donors (Lipinski definition) is 2.